The van der Waals surface area contributed by atoms with Crippen LogP contribution in [0.25, 0.3) is 16.9 Å². The minimum atomic E-state index is -0.189. The smallest absolute Gasteiger partial charge is 0.228 e. The molecule has 90 valence electrons. The maximum absolute atomic E-state index is 10.0. The van der Waals surface area contributed by atoms with E-state index in [4.69, 9.17) is 0 Å². The van der Waals surface area contributed by atoms with Crippen LogP contribution in [0.1, 0.15) is 0 Å². The van der Waals surface area contributed by atoms with Crippen molar-refractivity contribution in [2.75, 3.05) is 0 Å². The van der Waals surface area contributed by atoms with Gasteiger partial charge in [0.2, 0.25) is 11.8 Å². The van der Waals surface area contributed by atoms with Crippen LogP contribution in [0.4, 0.5) is 0 Å². The Morgan fingerprint density at radius 1 is 0.944 bits per heavy atom. The van der Waals surface area contributed by atoms with Gasteiger partial charge < -0.3 is 10.2 Å². The van der Waals surface area contributed by atoms with Crippen molar-refractivity contribution in [2.24, 2.45) is 0 Å². The van der Waals surface area contributed by atoms with Crippen LogP contribution in [0.15, 0.2) is 35.2 Å². The largest absolute Gasteiger partial charge is 0.493 e. The van der Waals surface area contributed by atoms with Crippen LogP contribution >= 0.6 is 15.9 Å². The average molecular weight is 307 g/mol. The number of nitrogens with zero attached hydrogens (tertiary/aromatic N) is 4. The number of rotatable bonds is 1. The number of pyridine rings is 1. The van der Waals surface area contributed by atoms with Crippen LogP contribution in [0.2, 0.25) is 0 Å². The monoisotopic (exact) mass is 306 g/mol. The molecule has 18 heavy (non-hydrogen) atoms. The Labute approximate surface area is 110 Å². The third kappa shape index (κ3) is 1.52. The number of aromatic hydroxyl groups is 2. The zero-order valence-corrected chi connectivity index (χ0v) is 10.5. The van der Waals surface area contributed by atoms with Gasteiger partial charge >= 0.3 is 0 Å². The highest BCUT2D eigenvalue weighted by atomic mass is 79.9. The van der Waals surface area contributed by atoms with E-state index in [-0.39, 0.29) is 22.8 Å². The van der Waals surface area contributed by atoms with Gasteiger partial charge in [-0.3, -0.25) is 0 Å². The number of fused-ring (bicyclic) bond motifs is 1. The van der Waals surface area contributed by atoms with Crippen LogP contribution in [0.5, 0.6) is 11.8 Å². The van der Waals surface area contributed by atoms with Crippen LogP contribution in [-0.4, -0.2) is 29.7 Å². The molecule has 0 aliphatic rings. The summed E-state index contributed by atoms with van der Waals surface area (Å²) in [6.45, 7) is 0. The lowest BCUT2D eigenvalue weighted by atomic mass is 10.4. The van der Waals surface area contributed by atoms with E-state index in [2.05, 4.69) is 30.9 Å². The first-order valence-corrected chi connectivity index (χ1v) is 5.83. The van der Waals surface area contributed by atoms with Crippen molar-refractivity contribution in [1.29, 1.82) is 0 Å². The molecule has 0 spiro atoms. The van der Waals surface area contributed by atoms with E-state index in [0.717, 1.165) is 4.47 Å². The summed E-state index contributed by atoms with van der Waals surface area (Å²) >= 11 is 3.27. The Morgan fingerprint density at radius 2 is 1.56 bits per heavy atom. The molecule has 3 aromatic heterocycles. The summed E-state index contributed by atoms with van der Waals surface area (Å²) in [5.74, 6) is 0.00356. The molecule has 0 atom stereocenters. The van der Waals surface area contributed by atoms with Gasteiger partial charge in [-0.05, 0) is 28.1 Å². The molecular weight excluding hydrogens is 300 g/mol. The number of hydrogen-bond donors (Lipinski definition) is 2. The first-order chi connectivity index (χ1) is 8.68. The van der Waals surface area contributed by atoms with Crippen LogP contribution in [0, 0.1) is 0 Å². The SMILES string of the molecule is Oc1c2nccnc2c(O)n1-c1ccc(Br)cn1. The first kappa shape index (κ1) is 11.0. The Hall–Kier alpha value is -2.15. The van der Waals surface area contributed by atoms with Crippen molar-refractivity contribution in [1.82, 2.24) is 19.5 Å². The summed E-state index contributed by atoms with van der Waals surface area (Å²) in [6, 6.07) is 3.41. The van der Waals surface area contributed by atoms with Crippen molar-refractivity contribution in [3.8, 4) is 17.6 Å². The standard InChI is InChI=1S/C11H7BrN4O2/c12-6-1-2-7(15-5-6)16-10(17)8-9(11(16)18)14-4-3-13-8/h1-5,17-18H. The predicted octanol–water partition coefficient (Wildman–Crippen LogP) is 1.99. The van der Waals surface area contributed by atoms with Gasteiger partial charge in [-0.15, -0.1) is 0 Å². The van der Waals surface area contributed by atoms with Gasteiger partial charge in [0.05, 0.1) is 0 Å². The second kappa shape index (κ2) is 3.95. The maximum atomic E-state index is 10.0. The van der Waals surface area contributed by atoms with E-state index in [1.165, 1.54) is 17.0 Å². The molecule has 0 amide bonds. The number of aromatic nitrogens is 4. The Balaban J connectivity index is 2.32. The van der Waals surface area contributed by atoms with Crippen molar-refractivity contribution in [2.45, 2.75) is 0 Å². The van der Waals surface area contributed by atoms with E-state index < -0.39 is 0 Å². The van der Waals surface area contributed by atoms with Crippen LogP contribution in [0.3, 0.4) is 0 Å². The minimum Gasteiger partial charge on any atom is -0.493 e. The Bertz CT molecular complexity index is 685. The molecule has 6 nitrogen and oxygen atoms in total. The van der Waals surface area contributed by atoms with Gasteiger partial charge in [-0.2, -0.15) is 0 Å². The lowest BCUT2D eigenvalue weighted by Crippen LogP contribution is -1.95. The van der Waals surface area contributed by atoms with Gasteiger partial charge in [0.1, 0.15) is 5.82 Å². The third-order valence-corrected chi connectivity index (χ3v) is 2.96. The molecule has 3 heterocycles. The minimum absolute atomic E-state index is 0.189. The Morgan fingerprint density at radius 3 is 2.06 bits per heavy atom. The zero-order chi connectivity index (χ0) is 12.7. The third-order valence-electron chi connectivity index (χ3n) is 2.49. The molecule has 7 heteroatoms. The molecule has 2 N–H and O–H groups in total. The molecule has 0 saturated carbocycles. The first-order valence-electron chi connectivity index (χ1n) is 5.04. The topological polar surface area (TPSA) is 84.1 Å². The molecule has 3 rings (SSSR count). The second-order valence-electron chi connectivity index (χ2n) is 3.57. The van der Waals surface area contributed by atoms with Gasteiger partial charge in [0, 0.05) is 23.1 Å². The molecule has 0 fully saturated rings. The fraction of sp³-hybridized carbons (Fsp3) is 0. The van der Waals surface area contributed by atoms with Crippen molar-refractivity contribution < 1.29 is 10.2 Å². The van der Waals surface area contributed by atoms with Crippen molar-refractivity contribution in [3.63, 3.8) is 0 Å². The van der Waals surface area contributed by atoms with Gasteiger partial charge in [0.25, 0.3) is 0 Å². The molecule has 0 saturated heterocycles. The number of halogens is 1. The van der Waals surface area contributed by atoms with E-state index in [1.54, 1.807) is 18.3 Å². The summed E-state index contributed by atoms with van der Waals surface area (Å²) in [4.78, 5) is 12.1. The maximum Gasteiger partial charge on any atom is 0.228 e. The Kier molecular flexibility index (Phi) is 2.41. The van der Waals surface area contributed by atoms with Gasteiger partial charge in [-0.25, -0.2) is 19.5 Å². The van der Waals surface area contributed by atoms with Crippen LogP contribution in [-0.2, 0) is 0 Å². The van der Waals surface area contributed by atoms with Gasteiger partial charge in [0.15, 0.2) is 11.0 Å². The van der Waals surface area contributed by atoms with E-state index in [9.17, 15) is 10.2 Å². The molecule has 0 aromatic carbocycles. The molecule has 3 aromatic rings. The lowest BCUT2D eigenvalue weighted by Gasteiger charge is -2.04. The number of hydrogen-bond acceptors (Lipinski definition) is 5. The summed E-state index contributed by atoms with van der Waals surface area (Å²) in [5.41, 5.74) is 0.472. The summed E-state index contributed by atoms with van der Waals surface area (Å²) in [5, 5.41) is 20.1. The fourth-order valence-corrected chi connectivity index (χ4v) is 1.93. The molecule has 0 radical (unpaired) electrons. The highest BCUT2D eigenvalue weighted by molar-refractivity contribution is 9.10. The van der Waals surface area contributed by atoms with E-state index in [1.807, 2.05) is 0 Å². The molecular formula is C11H7BrN4O2. The highest BCUT2D eigenvalue weighted by Crippen LogP contribution is 2.35. The molecule has 0 unspecified atom stereocenters. The molecule has 0 bridgehead atoms. The summed E-state index contributed by atoms with van der Waals surface area (Å²) in [7, 11) is 0. The van der Waals surface area contributed by atoms with Gasteiger partial charge in [-0.1, -0.05) is 0 Å². The van der Waals surface area contributed by atoms with E-state index in [0.29, 0.717) is 5.82 Å². The normalized spacial score (nSPS) is 10.9. The molecule has 0 aliphatic heterocycles. The molecule has 0 aliphatic carbocycles. The summed E-state index contributed by atoms with van der Waals surface area (Å²) in [6.07, 6.45) is 4.46. The predicted molar refractivity (Wildman–Crippen MR) is 67.7 cm³/mol. The van der Waals surface area contributed by atoms with Crippen molar-refractivity contribution in [3.05, 3.63) is 35.2 Å². The summed E-state index contributed by atoms with van der Waals surface area (Å²) < 4.78 is 2.00. The van der Waals surface area contributed by atoms with Crippen molar-refractivity contribution >= 4 is 27.0 Å². The fourth-order valence-electron chi connectivity index (χ4n) is 1.69. The highest BCUT2D eigenvalue weighted by Gasteiger charge is 2.19. The van der Waals surface area contributed by atoms with Crippen LogP contribution < -0.4 is 0 Å². The quantitative estimate of drug-likeness (QED) is 0.718. The lowest BCUT2D eigenvalue weighted by molar-refractivity contribution is 0.404. The zero-order valence-electron chi connectivity index (χ0n) is 8.95. The van der Waals surface area contributed by atoms with E-state index >= 15 is 0 Å². The second-order valence-corrected chi connectivity index (χ2v) is 4.49. The average Bonchev–Trinajstić information content (AvgIpc) is 2.64.